The van der Waals surface area contributed by atoms with Gasteiger partial charge in [0.1, 0.15) is 0 Å². The van der Waals surface area contributed by atoms with Crippen LogP contribution in [0.15, 0.2) is 30.3 Å². The first-order chi connectivity index (χ1) is 9.13. The van der Waals surface area contributed by atoms with Gasteiger partial charge in [0, 0.05) is 6.04 Å². The van der Waals surface area contributed by atoms with Gasteiger partial charge < -0.3 is 15.3 Å². The van der Waals surface area contributed by atoms with E-state index in [0.29, 0.717) is 13.0 Å². The number of aliphatic hydroxyl groups excluding tert-OH is 1. The van der Waals surface area contributed by atoms with Crippen LogP contribution in [0.1, 0.15) is 26.3 Å². The molecule has 0 amide bonds. The smallest absolute Gasteiger partial charge is 0.192 e. The van der Waals surface area contributed by atoms with Gasteiger partial charge in [0.25, 0.3) is 0 Å². The van der Waals surface area contributed by atoms with Crippen molar-refractivity contribution >= 4 is 8.32 Å². The van der Waals surface area contributed by atoms with Gasteiger partial charge in [-0.3, -0.25) is 0 Å². The van der Waals surface area contributed by atoms with Crippen LogP contribution < -0.4 is 5.73 Å². The van der Waals surface area contributed by atoms with E-state index >= 15 is 0 Å². The van der Waals surface area contributed by atoms with Crippen LogP contribution in [0, 0.1) is 0 Å². The standard InChI is InChI=1S/C16H29NO2Si/c1-16(2,3)20(4,5)19-12-15(18)14(17)11-13-9-7-6-8-10-13/h6-10,14-15,18H,11-12,17H2,1-5H3/t14-,15?/m0/s1. The fourth-order valence-electron chi connectivity index (χ4n) is 1.66. The fraction of sp³-hybridized carbons (Fsp3) is 0.625. The van der Waals surface area contributed by atoms with Gasteiger partial charge in [0.05, 0.1) is 12.7 Å². The van der Waals surface area contributed by atoms with Crippen molar-refractivity contribution in [2.24, 2.45) is 5.73 Å². The van der Waals surface area contributed by atoms with E-state index in [0.717, 1.165) is 5.56 Å². The quantitative estimate of drug-likeness (QED) is 0.793. The summed E-state index contributed by atoms with van der Waals surface area (Å²) in [5.74, 6) is 0. The summed E-state index contributed by atoms with van der Waals surface area (Å²) in [6.07, 6.45) is 0.0485. The van der Waals surface area contributed by atoms with Crippen molar-refractivity contribution in [3.05, 3.63) is 35.9 Å². The Kier molecular flexibility index (Phi) is 5.95. The monoisotopic (exact) mass is 295 g/mol. The Morgan fingerprint density at radius 2 is 1.75 bits per heavy atom. The van der Waals surface area contributed by atoms with Crippen molar-refractivity contribution in [2.45, 2.75) is 57.5 Å². The fourth-order valence-corrected chi connectivity index (χ4v) is 2.68. The third-order valence-electron chi connectivity index (χ3n) is 4.23. The first kappa shape index (κ1) is 17.4. The predicted molar refractivity (Wildman–Crippen MR) is 87.3 cm³/mol. The molecule has 0 spiro atoms. The van der Waals surface area contributed by atoms with E-state index in [2.05, 4.69) is 33.9 Å². The second-order valence-electron chi connectivity index (χ2n) is 6.99. The molecule has 0 saturated heterocycles. The molecule has 1 aromatic carbocycles. The molecule has 20 heavy (non-hydrogen) atoms. The highest BCUT2D eigenvalue weighted by atomic mass is 28.4. The van der Waals surface area contributed by atoms with Gasteiger partial charge in [-0.15, -0.1) is 0 Å². The van der Waals surface area contributed by atoms with Crippen molar-refractivity contribution in [3.63, 3.8) is 0 Å². The third kappa shape index (κ3) is 5.02. The van der Waals surface area contributed by atoms with Crippen LogP contribution in [-0.2, 0) is 10.8 Å². The van der Waals surface area contributed by atoms with Crippen LogP contribution in [0.2, 0.25) is 18.1 Å². The Balaban J connectivity index is 2.49. The van der Waals surface area contributed by atoms with Crippen LogP contribution in [0.25, 0.3) is 0 Å². The molecule has 114 valence electrons. The van der Waals surface area contributed by atoms with E-state index < -0.39 is 14.4 Å². The number of aliphatic hydroxyl groups is 1. The first-order valence-electron chi connectivity index (χ1n) is 7.25. The molecule has 0 radical (unpaired) electrons. The Morgan fingerprint density at radius 3 is 2.25 bits per heavy atom. The second kappa shape index (κ2) is 6.85. The normalized spacial score (nSPS) is 15.9. The molecular formula is C16H29NO2Si. The van der Waals surface area contributed by atoms with E-state index in [9.17, 15) is 5.11 Å². The molecule has 1 unspecified atom stereocenters. The van der Waals surface area contributed by atoms with Gasteiger partial charge in [-0.1, -0.05) is 51.1 Å². The number of hydrogen-bond donors (Lipinski definition) is 2. The van der Waals surface area contributed by atoms with E-state index in [-0.39, 0.29) is 11.1 Å². The third-order valence-corrected chi connectivity index (χ3v) is 8.73. The Hall–Kier alpha value is -0.683. The molecule has 0 saturated carbocycles. The van der Waals surface area contributed by atoms with Crippen molar-refractivity contribution < 1.29 is 9.53 Å². The number of benzene rings is 1. The van der Waals surface area contributed by atoms with E-state index in [4.69, 9.17) is 10.2 Å². The Labute approximate surface area is 124 Å². The molecule has 3 nitrogen and oxygen atoms in total. The molecule has 0 aliphatic heterocycles. The van der Waals surface area contributed by atoms with Crippen molar-refractivity contribution in [1.29, 1.82) is 0 Å². The zero-order valence-electron chi connectivity index (χ0n) is 13.4. The van der Waals surface area contributed by atoms with Crippen LogP contribution in [0.4, 0.5) is 0 Å². The topological polar surface area (TPSA) is 55.5 Å². The lowest BCUT2D eigenvalue weighted by Gasteiger charge is -2.37. The Bertz CT molecular complexity index is 401. The SMILES string of the molecule is CC(C)(C)[Si](C)(C)OCC(O)[C@@H](N)Cc1ccccc1. The average molecular weight is 295 g/mol. The lowest BCUT2D eigenvalue weighted by molar-refractivity contribution is 0.0787. The van der Waals surface area contributed by atoms with Crippen LogP contribution in [0.5, 0.6) is 0 Å². The van der Waals surface area contributed by atoms with Gasteiger partial charge in [-0.25, -0.2) is 0 Å². The minimum Gasteiger partial charge on any atom is -0.414 e. The maximum atomic E-state index is 10.2. The van der Waals surface area contributed by atoms with E-state index in [1.54, 1.807) is 0 Å². The van der Waals surface area contributed by atoms with Gasteiger partial charge >= 0.3 is 0 Å². The molecule has 0 aromatic heterocycles. The highest BCUT2D eigenvalue weighted by molar-refractivity contribution is 6.74. The van der Waals surface area contributed by atoms with Crippen molar-refractivity contribution in [1.82, 2.24) is 0 Å². The van der Waals surface area contributed by atoms with Crippen LogP contribution >= 0.6 is 0 Å². The molecular weight excluding hydrogens is 266 g/mol. The van der Waals surface area contributed by atoms with Gasteiger partial charge in [0.2, 0.25) is 0 Å². The van der Waals surface area contributed by atoms with Crippen molar-refractivity contribution in [2.75, 3.05) is 6.61 Å². The first-order valence-corrected chi connectivity index (χ1v) is 10.2. The number of rotatable bonds is 6. The highest BCUT2D eigenvalue weighted by Crippen LogP contribution is 2.36. The van der Waals surface area contributed by atoms with Crippen LogP contribution in [0.3, 0.4) is 0 Å². The lowest BCUT2D eigenvalue weighted by atomic mass is 10.0. The molecule has 0 fully saturated rings. The second-order valence-corrected chi connectivity index (χ2v) is 11.8. The van der Waals surface area contributed by atoms with Crippen molar-refractivity contribution in [3.8, 4) is 0 Å². The maximum Gasteiger partial charge on any atom is 0.192 e. The molecule has 1 aromatic rings. The average Bonchev–Trinajstić information content (AvgIpc) is 2.35. The summed E-state index contributed by atoms with van der Waals surface area (Å²) >= 11 is 0. The number of hydrogen-bond acceptors (Lipinski definition) is 3. The molecule has 0 aliphatic rings. The summed E-state index contributed by atoms with van der Waals surface area (Å²) in [6.45, 7) is 11.3. The van der Waals surface area contributed by atoms with E-state index in [1.165, 1.54) is 0 Å². The number of nitrogens with two attached hydrogens (primary N) is 1. The summed E-state index contributed by atoms with van der Waals surface area (Å²) in [5, 5.41) is 10.3. The summed E-state index contributed by atoms with van der Waals surface area (Å²) in [7, 11) is -1.82. The Morgan fingerprint density at radius 1 is 1.20 bits per heavy atom. The van der Waals surface area contributed by atoms with E-state index in [1.807, 2.05) is 30.3 Å². The highest BCUT2D eigenvalue weighted by Gasteiger charge is 2.37. The molecule has 3 N–H and O–H groups in total. The summed E-state index contributed by atoms with van der Waals surface area (Å²) in [6, 6.07) is 9.72. The van der Waals surface area contributed by atoms with Gasteiger partial charge in [-0.2, -0.15) is 0 Å². The zero-order valence-corrected chi connectivity index (χ0v) is 14.4. The van der Waals surface area contributed by atoms with Crippen LogP contribution in [-0.4, -0.2) is 32.2 Å². The molecule has 2 atom stereocenters. The molecule has 0 bridgehead atoms. The lowest BCUT2D eigenvalue weighted by Crippen LogP contribution is -2.46. The molecule has 0 aliphatic carbocycles. The minimum absolute atomic E-state index is 0.149. The predicted octanol–water partition coefficient (Wildman–Crippen LogP) is 2.94. The van der Waals surface area contributed by atoms with Gasteiger partial charge in [0.15, 0.2) is 8.32 Å². The van der Waals surface area contributed by atoms with Gasteiger partial charge in [-0.05, 0) is 30.1 Å². The largest absolute Gasteiger partial charge is 0.414 e. The molecule has 0 heterocycles. The molecule has 4 heteroatoms. The summed E-state index contributed by atoms with van der Waals surface area (Å²) in [5.41, 5.74) is 7.22. The maximum absolute atomic E-state index is 10.2. The summed E-state index contributed by atoms with van der Waals surface area (Å²) < 4.78 is 6.02. The summed E-state index contributed by atoms with van der Waals surface area (Å²) in [4.78, 5) is 0. The minimum atomic E-state index is -1.82. The molecule has 1 rings (SSSR count). The zero-order chi connectivity index (χ0) is 15.4.